The van der Waals surface area contributed by atoms with Crippen molar-refractivity contribution < 1.29 is 17.9 Å². The summed E-state index contributed by atoms with van der Waals surface area (Å²) in [5.74, 6) is 0.287. The van der Waals surface area contributed by atoms with E-state index < -0.39 is 11.9 Å². The number of halogens is 3. The van der Waals surface area contributed by atoms with Crippen LogP contribution in [0.2, 0.25) is 0 Å². The van der Waals surface area contributed by atoms with E-state index in [4.69, 9.17) is 4.74 Å². The van der Waals surface area contributed by atoms with Gasteiger partial charge in [0.25, 0.3) is 0 Å². The molecule has 1 aliphatic rings. The number of hydrogen-bond donors (Lipinski definition) is 0. The van der Waals surface area contributed by atoms with E-state index >= 15 is 0 Å². The number of benzene rings is 1. The summed E-state index contributed by atoms with van der Waals surface area (Å²) in [5.41, 5.74) is 0.166. The molecule has 0 saturated heterocycles. The second kappa shape index (κ2) is 5.32. The van der Waals surface area contributed by atoms with Crippen LogP contribution in [0.1, 0.15) is 11.3 Å². The number of pyridine rings is 1. The largest absolute Gasteiger partial charge is 0.496 e. The number of alkyl halides is 3. The summed E-state index contributed by atoms with van der Waals surface area (Å²) in [6, 6.07) is 9.91. The SMILES string of the molecule is COc1cc(C(F)(F)F)nc2c1C=NCN2c1ccccc1. The molecule has 1 aliphatic heterocycles. The molecule has 7 heteroatoms. The second-order valence-electron chi connectivity index (χ2n) is 4.66. The van der Waals surface area contributed by atoms with E-state index in [-0.39, 0.29) is 18.2 Å². The maximum absolute atomic E-state index is 13.0. The van der Waals surface area contributed by atoms with Gasteiger partial charge in [-0.15, -0.1) is 0 Å². The van der Waals surface area contributed by atoms with E-state index in [1.807, 2.05) is 6.07 Å². The standard InChI is InChI=1S/C15H12F3N3O/c1-22-12-7-13(15(16,17)18)20-14-11(12)8-19-9-21(14)10-5-3-2-4-6-10/h2-8H,9H2,1H3. The minimum absolute atomic E-state index is 0.0988. The molecule has 0 spiro atoms. The molecule has 0 N–H and O–H groups in total. The number of para-hydroxylation sites is 1. The lowest BCUT2D eigenvalue weighted by Crippen LogP contribution is -2.25. The average molecular weight is 307 g/mol. The number of aliphatic imine (C=N–C) groups is 1. The van der Waals surface area contributed by atoms with Crippen molar-refractivity contribution in [3.05, 3.63) is 47.7 Å². The molecule has 2 aromatic rings. The molecule has 0 unspecified atom stereocenters. The molecule has 114 valence electrons. The van der Waals surface area contributed by atoms with Gasteiger partial charge in [-0.25, -0.2) is 4.98 Å². The Kier molecular flexibility index (Phi) is 3.48. The molecule has 22 heavy (non-hydrogen) atoms. The number of fused-ring (bicyclic) bond motifs is 1. The molecule has 1 aromatic carbocycles. The molecule has 0 aliphatic carbocycles. The summed E-state index contributed by atoms with van der Waals surface area (Å²) in [6.45, 7) is 0.203. The minimum atomic E-state index is -4.54. The predicted molar refractivity (Wildman–Crippen MR) is 76.8 cm³/mol. The van der Waals surface area contributed by atoms with Crippen LogP contribution in [0.25, 0.3) is 0 Å². The molecule has 0 amide bonds. The maximum Gasteiger partial charge on any atom is 0.433 e. The molecular formula is C15H12F3N3O. The monoisotopic (exact) mass is 307 g/mol. The highest BCUT2D eigenvalue weighted by molar-refractivity contribution is 5.93. The molecule has 0 atom stereocenters. The van der Waals surface area contributed by atoms with Crippen molar-refractivity contribution in [3.8, 4) is 5.75 Å². The van der Waals surface area contributed by atoms with Crippen LogP contribution in [-0.2, 0) is 6.18 Å². The molecule has 3 rings (SSSR count). The fourth-order valence-corrected chi connectivity index (χ4v) is 2.25. The van der Waals surface area contributed by atoms with E-state index in [9.17, 15) is 13.2 Å². The van der Waals surface area contributed by atoms with Crippen LogP contribution in [0.3, 0.4) is 0 Å². The van der Waals surface area contributed by atoms with E-state index in [2.05, 4.69) is 9.98 Å². The highest BCUT2D eigenvalue weighted by atomic mass is 19.4. The molecule has 2 heterocycles. The van der Waals surface area contributed by atoms with Gasteiger partial charge in [-0.05, 0) is 12.1 Å². The van der Waals surface area contributed by atoms with Gasteiger partial charge in [0, 0.05) is 18.0 Å². The highest BCUT2D eigenvalue weighted by Gasteiger charge is 2.35. The first-order chi connectivity index (χ1) is 10.5. The second-order valence-corrected chi connectivity index (χ2v) is 4.66. The van der Waals surface area contributed by atoms with Crippen LogP contribution in [-0.4, -0.2) is 25.0 Å². The first-order valence-corrected chi connectivity index (χ1v) is 6.49. The van der Waals surface area contributed by atoms with Gasteiger partial charge in [0.1, 0.15) is 18.2 Å². The number of anilines is 2. The number of methoxy groups -OCH3 is 1. The van der Waals surface area contributed by atoms with E-state index in [1.165, 1.54) is 13.3 Å². The topological polar surface area (TPSA) is 37.7 Å². The van der Waals surface area contributed by atoms with Gasteiger partial charge in [0.2, 0.25) is 0 Å². The zero-order chi connectivity index (χ0) is 15.7. The van der Waals surface area contributed by atoms with Gasteiger partial charge in [0.15, 0.2) is 5.69 Å². The first kappa shape index (κ1) is 14.4. The third-order valence-electron chi connectivity index (χ3n) is 3.28. The van der Waals surface area contributed by atoms with Crippen LogP contribution >= 0.6 is 0 Å². The van der Waals surface area contributed by atoms with E-state index in [1.54, 1.807) is 29.2 Å². The smallest absolute Gasteiger partial charge is 0.433 e. The van der Waals surface area contributed by atoms with Gasteiger partial charge in [-0.1, -0.05) is 18.2 Å². The number of rotatable bonds is 2. The quantitative estimate of drug-likeness (QED) is 0.850. The third-order valence-corrected chi connectivity index (χ3v) is 3.28. The van der Waals surface area contributed by atoms with Gasteiger partial charge in [-0.3, -0.25) is 4.99 Å². The van der Waals surface area contributed by atoms with Crippen LogP contribution in [0, 0.1) is 0 Å². The Balaban J connectivity index is 2.18. The molecule has 1 aromatic heterocycles. The number of ether oxygens (including phenoxy) is 1. The number of aromatic nitrogens is 1. The summed E-state index contributed by atoms with van der Waals surface area (Å²) in [5, 5.41) is 0. The number of nitrogens with zero attached hydrogens (tertiary/aromatic N) is 3. The maximum atomic E-state index is 13.0. The van der Waals surface area contributed by atoms with Crippen molar-refractivity contribution in [1.82, 2.24) is 4.98 Å². The van der Waals surface area contributed by atoms with Crippen molar-refractivity contribution in [2.75, 3.05) is 18.7 Å². The zero-order valence-corrected chi connectivity index (χ0v) is 11.6. The summed E-state index contributed by atoms with van der Waals surface area (Å²) in [4.78, 5) is 9.58. The minimum Gasteiger partial charge on any atom is -0.496 e. The summed E-state index contributed by atoms with van der Waals surface area (Å²) in [7, 11) is 1.32. The molecule has 0 radical (unpaired) electrons. The lowest BCUT2D eigenvalue weighted by Gasteiger charge is -2.28. The predicted octanol–water partition coefficient (Wildman–Crippen LogP) is 3.64. The Morgan fingerprint density at radius 3 is 2.55 bits per heavy atom. The van der Waals surface area contributed by atoms with Crippen molar-refractivity contribution >= 4 is 17.7 Å². The number of hydrogen-bond acceptors (Lipinski definition) is 4. The van der Waals surface area contributed by atoms with Crippen molar-refractivity contribution in [2.45, 2.75) is 6.18 Å². The lowest BCUT2D eigenvalue weighted by molar-refractivity contribution is -0.141. The summed E-state index contributed by atoms with van der Waals surface area (Å²) >= 11 is 0. The average Bonchev–Trinajstić information content (AvgIpc) is 2.53. The lowest BCUT2D eigenvalue weighted by atomic mass is 10.1. The third kappa shape index (κ3) is 2.49. The fourth-order valence-electron chi connectivity index (χ4n) is 2.25. The molecule has 0 fully saturated rings. The van der Waals surface area contributed by atoms with Gasteiger partial charge in [0.05, 0.1) is 12.7 Å². The Morgan fingerprint density at radius 2 is 1.91 bits per heavy atom. The normalized spacial score (nSPS) is 13.9. The fraction of sp³-hybridized carbons (Fsp3) is 0.200. The first-order valence-electron chi connectivity index (χ1n) is 6.49. The highest BCUT2D eigenvalue weighted by Crippen LogP contribution is 2.38. The Labute approximate surface area is 124 Å². The Hall–Kier alpha value is -2.57. The van der Waals surface area contributed by atoms with Crippen LogP contribution in [0.4, 0.5) is 24.7 Å². The summed E-state index contributed by atoms with van der Waals surface area (Å²) < 4.78 is 44.2. The van der Waals surface area contributed by atoms with Crippen LogP contribution in [0.5, 0.6) is 5.75 Å². The van der Waals surface area contributed by atoms with Crippen molar-refractivity contribution in [2.24, 2.45) is 4.99 Å². The molecule has 0 bridgehead atoms. The molecule has 0 saturated carbocycles. The van der Waals surface area contributed by atoms with Crippen molar-refractivity contribution in [1.29, 1.82) is 0 Å². The van der Waals surface area contributed by atoms with Crippen LogP contribution < -0.4 is 9.64 Å². The van der Waals surface area contributed by atoms with E-state index in [0.717, 1.165) is 11.8 Å². The zero-order valence-electron chi connectivity index (χ0n) is 11.6. The Bertz CT molecular complexity index is 714. The van der Waals surface area contributed by atoms with Gasteiger partial charge in [-0.2, -0.15) is 13.2 Å². The molecule has 4 nitrogen and oxygen atoms in total. The van der Waals surface area contributed by atoms with Crippen LogP contribution in [0.15, 0.2) is 41.4 Å². The van der Waals surface area contributed by atoms with Crippen molar-refractivity contribution in [3.63, 3.8) is 0 Å². The van der Waals surface area contributed by atoms with Gasteiger partial charge < -0.3 is 9.64 Å². The summed E-state index contributed by atoms with van der Waals surface area (Å²) in [6.07, 6.45) is -3.06. The molecular weight excluding hydrogens is 295 g/mol. The Morgan fingerprint density at radius 1 is 1.18 bits per heavy atom. The van der Waals surface area contributed by atoms with Gasteiger partial charge >= 0.3 is 6.18 Å². The van der Waals surface area contributed by atoms with E-state index in [0.29, 0.717) is 5.56 Å².